The van der Waals surface area contributed by atoms with Gasteiger partial charge in [0.15, 0.2) is 0 Å². The SMILES string of the molecule is C=CCNC(=O)C(=O)C(CCC(F)(F)F)NC(=O)[C@@H]1[C@@H]2[C@H](CN1C(=O)[C@@H](NC(=O)N[C@H](C(=O)N(C)C)C(C)C)C(C)(C)C)C2(C)C. The molecule has 15 heteroatoms. The van der Waals surface area contributed by atoms with E-state index >= 15 is 0 Å². The predicted molar refractivity (Wildman–Crippen MR) is 164 cm³/mol. The molecule has 1 saturated heterocycles. The molecule has 1 unspecified atom stereocenters. The Morgan fingerprint density at radius 3 is 2.09 bits per heavy atom. The second kappa shape index (κ2) is 14.4. The van der Waals surface area contributed by atoms with Crippen molar-refractivity contribution >= 4 is 35.4 Å². The highest BCUT2D eigenvalue weighted by Gasteiger charge is 2.70. The smallest absolute Gasteiger partial charge is 0.347 e. The number of carbonyl (C=O) groups is 6. The molecule has 1 saturated carbocycles. The van der Waals surface area contributed by atoms with Gasteiger partial charge in [0.2, 0.25) is 23.5 Å². The van der Waals surface area contributed by atoms with E-state index in [1.165, 1.54) is 15.9 Å². The zero-order valence-electron chi connectivity index (χ0n) is 28.1. The molecule has 0 bridgehead atoms. The maximum Gasteiger partial charge on any atom is 0.389 e. The number of likely N-dealkylation sites (N-methyl/N-ethyl adjacent to an activating group) is 1. The first-order valence-electron chi connectivity index (χ1n) is 15.3. The minimum Gasteiger partial charge on any atom is -0.347 e. The molecular formula is C31H49F3N6O6. The summed E-state index contributed by atoms with van der Waals surface area (Å²) >= 11 is 0. The molecule has 46 heavy (non-hydrogen) atoms. The average Bonchev–Trinajstić information content (AvgIpc) is 3.25. The highest BCUT2D eigenvalue weighted by atomic mass is 19.4. The van der Waals surface area contributed by atoms with Crippen LogP contribution in [0.15, 0.2) is 12.7 Å². The number of hydrogen-bond donors (Lipinski definition) is 4. The van der Waals surface area contributed by atoms with Crippen molar-refractivity contribution in [3.63, 3.8) is 0 Å². The van der Waals surface area contributed by atoms with Crippen LogP contribution in [0.25, 0.3) is 0 Å². The summed E-state index contributed by atoms with van der Waals surface area (Å²) in [7, 11) is 3.11. The van der Waals surface area contributed by atoms with Crippen molar-refractivity contribution in [3.05, 3.63) is 12.7 Å². The third-order valence-electron chi connectivity index (χ3n) is 8.79. The van der Waals surface area contributed by atoms with Crippen molar-refractivity contribution in [2.24, 2.45) is 28.6 Å². The van der Waals surface area contributed by atoms with Crippen LogP contribution >= 0.6 is 0 Å². The minimum absolute atomic E-state index is 0.108. The van der Waals surface area contributed by atoms with Gasteiger partial charge in [-0.2, -0.15) is 13.2 Å². The van der Waals surface area contributed by atoms with E-state index < -0.39 is 78.1 Å². The van der Waals surface area contributed by atoms with Gasteiger partial charge in [-0.05, 0) is 35.0 Å². The van der Waals surface area contributed by atoms with E-state index in [0.29, 0.717) is 0 Å². The molecular weight excluding hydrogens is 609 g/mol. The van der Waals surface area contributed by atoms with E-state index in [1.807, 2.05) is 13.8 Å². The van der Waals surface area contributed by atoms with E-state index in [1.54, 1.807) is 48.7 Å². The lowest BCUT2D eigenvalue weighted by Gasteiger charge is -2.38. The maximum absolute atomic E-state index is 14.1. The molecule has 0 spiro atoms. The van der Waals surface area contributed by atoms with Gasteiger partial charge in [0.05, 0.1) is 6.04 Å². The highest BCUT2D eigenvalue weighted by Crippen LogP contribution is 2.65. The lowest BCUT2D eigenvalue weighted by Crippen LogP contribution is -2.62. The topological polar surface area (TPSA) is 157 Å². The van der Waals surface area contributed by atoms with Gasteiger partial charge >= 0.3 is 12.2 Å². The quantitative estimate of drug-likeness (QED) is 0.175. The summed E-state index contributed by atoms with van der Waals surface area (Å²) in [5, 5.41) is 9.86. The number of carbonyl (C=O) groups excluding carboxylic acids is 6. The first-order chi connectivity index (χ1) is 20.9. The normalized spacial score (nSPS) is 22.1. The van der Waals surface area contributed by atoms with Crippen molar-refractivity contribution in [2.45, 2.75) is 91.7 Å². The monoisotopic (exact) mass is 658 g/mol. The Morgan fingerprint density at radius 1 is 1.02 bits per heavy atom. The molecule has 1 aliphatic heterocycles. The molecule has 0 aromatic heterocycles. The predicted octanol–water partition coefficient (Wildman–Crippen LogP) is 1.99. The Bertz CT molecular complexity index is 1210. The Labute approximate surface area is 268 Å². The Hall–Kier alpha value is -3.65. The van der Waals surface area contributed by atoms with Gasteiger partial charge in [0.1, 0.15) is 18.1 Å². The standard InChI is InChI=1S/C31H49F3N6O6/c1-11-14-35-25(43)22(41)18(12-13-31(32,33)34)36-24(42)21-19-17(30(19,7)8)15-40(21)27(45)23(29(4,5)6)38-28(46)37-20(16(2)3)26(44)39(9)10/h11,16-21,23H,1,12-15H2,2-10H3,(H,35,43)(H,36,42)(H2,37,38,46)/t17-,18?,19-,20-,21-,23+/m0/s1. The molecule has 12 nitrogen and oxygen atoms in total. The number of amides is 6. The molecule has 1 aliphatic carbocycles. The fourth-order valence-electron chi connectivity index (χ4n) is 5.98. The molecule has 4 N–H and O–H groups in total. The molecule has 2 rings (SSSR count). The van der Waals surface area contributed by atoms with E-state index in [-0.39, 0.29) is 42.2 Å². The number of alkyl halides is 3. The van der Waals surface area contributed by atoms with Crippen LogP contribution in [0.5, 0.6) is 0 Å². The average molecular weight is 659 g/mol. The second-order valence-electron chi connectivity index (χ2n) is 14.3. The van der Waals surface area contributed by atoms with Gasteiger partial charge in [-0.25, -0.2) is 4.79 Å². The van der Waals surface area contributed by atoms with Crippen molar-refractivity contribution in [1.29, 1.82) is 0 Å². The van der Waals surface area contributed by atoms with Crippen LogP contribution in [0.4, 0.5) is 18.0 Å². The second-order valence-corrected chi connectivity index (χ2v) is 14.3. The summed E-state index contributed by atoms with van der Waals surface area (Å²) in [5.41, 5.74) is -1.25. The zero-order chi connectivity index (χ0) is 35.5. The van der Waals surface area contributed by atoms with Crippen LogP contribution in [-0.4, -0.2) is 103 Å². The number of nitrogens with zero attached hydrogens (tertiary/aromatic N) is 2. The summed E-state index contributed by atoms with van der Waals surface area (Å²) < 4.78 is 39.4. The molecule has 0 aromatic rings. The summed E-state index contributed by atoms with van der Waals surface area (Å²) in [5.74, 6) is -4.99. The molecule has 0 aromatic carbocycles. The van der Waals surface area contributed by atoms with Crippen molar-refractivity contribution in [2.75, 3.05) is 27.2 Å². The van der Waals surface area contributed by atoms with Crippen LogP contribution in [0.3, 0.4) is 0 Å². The molecule has 2 fully saturated rings. The molecule has 0 radical (unpaired) electrons. The van der Waals surface area contributed by atoms with E-state index in [9.17, 15) is 41.9 Å². The first-order valence-corrected chi connectivity index (χ1v) is 15.3. The van der Waals surface area contributed by atoms with Gasteiger partial charge in [0.25, 0.3) is 5.91 Å². The number of nitrogens with one attached hydrogen (secondary N) is 4. The number of ketones is 1. The van der Waals surface area contributed by atoms with Crippen molar-refractivity contribution in [3.8, 4) is 0 Å². The number of Topliss-reactive ketones (excluding diaryl/α,β-unsaturated/α-hetero) is 1. The largest absolute Gasteiger partial charge is 0.389 e. The minimum atomic E-state index is -4.66. The summed E-state index contributed by atoms with van der Waals surface area (Å²) in [6.07, 6.45) is -5.67. The first kappa shape index (κ1) is 38.5. The van der Waals surface area contributed by atoms with E-state index in [0.717, 1.165) is 0 Å². The van der Waals surface area contributed by atoms with Gasteiger partial charge in [-0.3, -0.25) is 24.0 Å². The van der Waals surface area contributed by atoms with Gasteiger partial charge < -0.3 is 31.1 Å². The van der Waals surface area contributed by atoms with Crippen LogP contribution in [0.1, 0.15) is 61.3 Å². The molecule has 2 aliphatic rings. The number of rotatable bonds is 13. The number of urea groups is 1. The van der Waals surface area contributed by atoms with Crippen molar-refractivity contribution < 1.29 is 41.9 Å². The number of hydrogen-bond acceptors (Lipinski definition) is 6. The van der Waals surface area contributed by atoms with Crippen LogP contribution < -0.4 is 21.3 Å². The highest BCUT2D eigenvalue weighted by molar-refractivity contribution is 6.38. The Kier molecular flexibility index (Phi) is 12.1. The number of halogens is 3. The van der Waals surface area contributed by atoms with E-state index in [4.69, 9.17) is 0 Å². The number of piperidine rings is 1. The summed E-state index contributed by atoms with van der Waals surface area (Å²) in [6, 6.07) is -5.77. The molecule has 260 valence electrons. The fourth-order valence-corrected chi connectivity index (χ4v) is 5.98. The van der Waals surface area contributed by atoms with Crippen LogP contribution in [0.2, 0.25) is 0 Å². The van der Waals surface area contributed by atoms with Crippen molar-refractivity contribution in [1.82, 2.24) is 31.1 Å². The van der Waals surface area contributed by atoms with Crippen LogP contribution in [0, 0.1) is 28.6 Å². The molecule has 6 amide bonds. The number of fused-ring (bicyclic) bond motifs is 1. The lowest BCUT2D eigenvalue weighted by molar-refractivity contribution is -0.148. The number of likely N-dealkylation sites (tertiary alicyclic amines) is 1. The molecule has 6 atom stereocenters. The fraction of sp³-hybridized carbons (Fsp3) is 0.742. The molecule has 1 heterocycles. The zero-order valence-corrected chi connectivity index (χ0v) is 28.1. The summed E-state index contributed by atoms with van der Waals surface area (Å²) in [6.45, 7) is 15.9. The summed E-state index contributed by atoms with van der Waals surface area (Å²) in [4.78, 5) is 81.5. The Morgan fingerprint density at radius 2 is 1.61 bits per heavy atom. The van der Waals surface area contributed by atoms with Gasteiger partial charge in [-0.1, -0.05) is 54.5 Å². The maximum atomic E-state index is 14.1. The van der Waals surface area contributed by atoms with Gasteiger partial charge in [0, 0.05) is 33.6 Å². The third-order valence-corrected chi connectivity index (χ3v) is 8.79. The van der Waals surface area contributed by atoms with Gasteiger partial charge in [-0.15, -0.1) is 6.58 Å². The third kappa shape index (κ3) is 9.21. The lowest BCUT2D eigenvalue weighted by atomic mass is 9.85. The van der Waals surface area contributed by atoms with Crippen LogP contribution in [-0.2, 0) is 24.0 Å². The van der Waals surface area contributed by atoms with E-state index in [2.05, 4.69) is 27.8 Å². The Balaban J connectivity index is 2.37.